The molecule has 0 aliphatic carbocycles. The molecule has 0 aliphatic heterocycles. The Bertz CT molecular complexity index is 523. The summed E-state index contributed by atoms with van der Waals surface area (Å²) in [6.07, 6.45) is 0.454. The van der Waals surface area contributed by atoms with E-state index in [1.165, 1.54) is 0 Å². The van der Waals surface area contributed by atoms with Crippen molar-refractivity contribution in [2.75, 3.05) is 0 Å². The number of carbonyl (C=O) groups excluding carboxylic acids is 1. The normalized spacial score (nSPS) is 12.1. The molecule has 1 amide bonds. The fraction of sp³-hybridized carbons (Fsp3) is 0.214. The number of aromatic hydroxyl groups is 1. The number of phenols is 1. The van der Waals surface area contributed by atoms with Crippen LogP contribution in [0.5, 0.6) is 5.75 Å². The third kappa shape index (κ3) is 4.08. The van der Waals surface area contributed by atoms with Gasteiger partial charge in [-0.15, -0.1) is 0 Å². The molecule has 0 radical (unpaired) electrons. The van der Waals surface area contributed by atoms with Crippen LogP contribution in [0.25, 0.3) is 0 Å². The summed E-state index contributed by atoms with van der Waals surface area (Å²) in [4.78, 5) is 11.8. The summed E-state index contributed by atoms with van der Waals surface area (Å²) in [5.41, 5.74) is 7.86. The smallest absolute Gasteiger partial charge is 0.237 e. The molecular weight excluding hydrogens is 260 g/mol. The highest BCUT2D eigenvalue weighted by molar-refractivity contribution is 7.07. The van der Waals surface area contributed by atoms with Crippen LogP contribution < -0.4 is 11.1 Å². The molecule has 0 saturated carbocycles. The molecule has 0 fully saturated rings. The maximum atomic E-state index is 11.8. The van der Waals surface area contributed by atoms with Crippen molar-refractivity contribution in [2.45, 2.75) is 19.0 Å². The van der Waals surface area contributed by atoms with Crippen molar-refractivity contribution in [1.82, 2.24) is 5.32 Å². The summed E-state index contributed by atoms with van der Waals surface area (Å²) in [7, 11) is 0. The first-order chi connectivity index (χ1) is 9.15. The van der Waals surface area contributed by atoms with Gasteiger partial charge in [-0.2, -0.15) is 11.3 Å². The number of amides is 1. The van der Waals surface area contributed by atoms with E-state index in [0.717, 1.165) is 11.1 Å². The van der Waals surface area contributed by atoms with Gasteiger partial charge in [0.1, 0.15) is 5.75 Å². The molecule has 19 heavy (non-hydrogen) atoms. The maximum absolute atomic E-state index is 11.8. The zero-order valence-electron chi connectivity index (χ0n) is 10.4. The molecule has 2 rings (SSSR count). The second kappa shape index (κ2) is 6.36. The molecular formula is C14H16N2O2S. The summed E-state index contributed by atoms with van der Waals surface area (Å²) < 4.78 is 0. The van der Waals surface area contributed by atoms with Crippen LogP contribution in [0.2, 0.25) is 0 Å². The first-order valence-corrected chi connectivity index (χ1v) is 6.91. The predicted octanol–water partition coefficient (Wildman–Crippen LogP) is 1.64. The number of thiophene rings is 1. The van der Waals surface area contributed by atoms with Gasteiger partial charge in [-0.3, -0.25) is 4.79 Å². The van der Waals surface area contributed by atoms with E-state index in [4.69, 9.17) is 5.73 Å². The van der Waals surface area contributed by atoms with Crippen LogP contribution in [-0.2, 0) is 17.8 Å². The quantitative estimate of drug-likeness (QED) is 0.777. The topological polar surface area (TPSA) is 75.3 Å². The Labute approximate surface area is 115 Å². The Morgan fingerprint density at radius 3 is 2.63 bits per heavy atom. The maximum Gasteiger partial charge on any atom is 0.237 e. The van der Waals surface area contributed by atoms with Crippen molar-refractivity contribution in [1.29, 1.82) is 0 Å². The lowest BCUT2D eigenvalue weighted by Gasteiger charge is -2.12. The number of rotatable bonds is 5. The summed E-state index contributed by atoms with van der Waals surface area (Å²) in [6.45, 7) is 0.506. The van der Waals surface area contributed by atoms with Crippen LogP contribution in [0.3, 0.4) is 0 Å². The largest absolute Gasteiger partial charge is 0.508 e. The minimum Gasteiger partial charge on any atom is -0.508 e. The lowest BCUT2D eigenvalue weighted by atomic mass is 10.1. The third-order valence-corrected chi connectivity index (χ3v) is 3.51. The van der Waals surface area contributed by atoms with Crippen molar-refractivity contribution in [3.63, 3.8) is 0 Å². The van der Waals surface area contributed by atoms with Crippen molar-refractivity contribution in [2.24, 2.45) is 5.73 Å². The van der Waals surface area contributed by atoms with Gasteiger partial charge in [-0.05, 0) is 46.5 Å². The van der Waals surface area contributed by atoms with Gasteiger partial charge in [0.05, 0.1) is 6.04 Å². The second-order valence-corrected chi connectivity index (χ2v) is 5.11. The van der Waals surface area contributed by atoms with Gasteiger partial charge in [0.25, 0.3) is 0 Å². The predicted molar refractivity (Wildman–Crippen MR) is 76.0 cm³/mol. The fourth-order valence-corrected chi connectivity index (χ4v) is 2.36. The minimum atomic E-state index is -0.580. The van der Waals surface area contributed by atoms with Gasteiger partial charge in [0, 0.05) is 6.54 Å². The van der Waals surface area contributed by atoms with E-state index in [1.807, 2.05) is 16.8 Å². The summed E-state index contributed by atoms with van der Waals surface area (Å²) >= 11 is 1.60. The molecule has 0 aliphatic rings. The van der Waals surface area contributed by atoms with Crippen LogP contribution >= 0.6 is 11.3 Å². The molecule has 1 aromatic heterocycles. The standard InChI is InChI=1S/C14H16N2O2S/c15-13(7-10-1-3-12(17)4-2-10)14(18)16-8-11-5-6-19-9-11/h1-6,9,13,17H,7-8,15H2,(H,16,18)/t13-/m0/s1. The molecule has 4 nitrogen and oxygen atoms in total. The molecule has 100 valence electrons. The number of nitrogens with two attached hydrogens (primary N) is 1. The van der Waals surface area contributed by atoms with E-state index in [-0.39, 0.29) is 11.7 Å². The number of phenolic OH excluding ortho intramolecular Hbond substituents is 1. The Morgan fingerprint density at radius 2 is 2.00 bits per heavy atom. The van der Waals surface area contributed by atoms with Gasteiger partial charge in [-0.25, -0.2) is 0 Å². The molecule has 0 saturated heterocycles. The van der Waals surface area contributed by atoms with Crippen LogP contribution in [0, 0.1) is 0 Å². The Kier molecular flexibility index (Phi) is 4.54. The monoisotopic (exact) mass is 276 g/mol. The highest BCUT2D eigenvalue weighted by Crippen LogP contribution is 2.11. The van der Waals surface area contributed by atoms with Crippen LogP contribution in [0.1, 0.15) is 11.1 Å². The summed E-state index contributed by atoms with van der Waals surface area (Å²) in [5, 5.41) is 16.0. The molecule has 5 heteroatoms. The molecule has 1 aromatic carbocycles. The molecule has 2 aromatic rings. The van der Waals surface area contributed by atoms with E-state index in [2.05, 4.69) is 5.32 Å². The molecule has 0 spiro atoms. The molecule has 4 N–H and O–H groups in total. The highest BCUT2D eigenvalue weighted by Gasteiger charge is 2.13. The molecule has 0 unspecified atom stereocenters. The average Bonchev–Trinajstić information content (AvgIpc) is 2.91. The fourth-order valence-electron chi connectivity index (χ4n) is 1.69. The Morgan fingerprint density at radius 1 is 1.26 bits per heavy atom. The van der Waals surface area contributed by atoms with E-state index in [1.54, 1.807) is 35.6 Å². The van der Waals surface area contributed by atoms with Crippen molar-refractivity contribution < 1.29 is 9.90 Å². The van der Waals surface area contributed by atoms with E-state index < -0.39 is 6.04 Å². The van der Waals surface area contributed by atoms with Gasteiger partial charge < -0.3 is 16.2 Å². The minimum absolute atomic E-state index is 0.167. The van der Waals surface area contributed by atoms with Gasteiger partial charge >= 0.3 is 0 Å². The van der Waals surface area contributed by atoms with Gasteiger partial charge in [0.2, 0.25) is 5.91 Å². The van der Waals surface area contributed by atoms with Crippen LogP contribution in [-0.4, -0.2) is 17.1 Å². The van der Waals surface area contributed by atoms with Crippen LogP contribution in [0.4, 0.5) is 0 Å². The van der Waals surface area contributed by atoms with Gasteiger partial charge in [-0.1, -0.05) is 12.1 Å². The van der Waals surface area contributed by atoms with Crippen molar-refractivity contribution >= 4 is 17.2 Å². The number of benzene rings is 1. The number of hydrogen-bond acceptors (Lipinski definition) is 4. The molecule has 1 heterocycles. The van der Waals surface area contributed by atoms with E-state index in [9.17, 15) is 9.90 Å². The van der Waals surface area contributed by atoms with E-state index >= 15 is 0 Å². The summed E-state index contributed by atoms with van der Waals surface area (Å²) in [5.74, 6) is 0.0403. The lowest BCUT2D eigenvalue weighted by Crippen LogP contribution is -2.41. The zero-order valence-corrected chi connectivity index (χ0v) is 11.2. The van der Waals surface area contributed by atoms with Crippen molar-refractivity contribution in [3.05, 3.63) is 52.2 Å². The van der Waals surface area contributed by atoms with Crippen LogP contribution in [0.15, 0.2) is 41.1 Å². The first kappa shape index (κ1) is 13.6. The number of hydrogen-bond donors (Lipinski definition) is 3. The summed E-state index contributed by atoms with van der Waals surface area (Å²) in [6, 6.07) is 8.10. The Hall–Kier alpha value is -1.85. The first-order valence-electron chi connectivity index (χ1n) is 5.97. The van der Waals surface area contributed by atoms with E-state index in [0.29, 0.717) is 13.0 Å². The Balaban J connectivity index is 1.83. The average molecular weight is 276 g/mol. The number of carbonyl (C=O) groups is 1. The lowest BCUT2D eigenvalue weighted by molar-refractivity contribution is -0.122. The van der Waals surface area contributed by atoms with Crippen molar-refractivity contribution in [3.8, 4) is 5.75 Å². The zero-order chi connectivity index (χ0) is 13.7. The second-order valence-electron chi connectivity index (χ2n) is 4.33. The molecule has 1 atom stereocenters. The molecule has 0 bridgehead atoms. The SMILES string of the molecule is N[C@@H](Cc1ccc(O)cc1)C(=O)NCc1ccsc1. The number of nitrogens with one attached hydrogen (secondary N) is 1. The highest BCUT2D eigenvalue weighted by atomic mass is 32.1. The van der Waals surface area contributed by atoms with Gasteiger partial charge in [0.15, 0.2) is 0 Å². The third-order valence-electron chi connectivity index (χ3n) is 2.78.